The highest BCUT2D eigenvalue weighted by molar-refractivity contribution is 5.82. The first kappa shape index (κ1) is 19.5. The molecule has 4 rings (SSSR count). The molecule has 10 nitrogen and oxygen atoms in total. The van der Waals surface area contributed by atoms with Gasteiger partial charge in [0.15, 0.2) is 23.2 Å². The standard InChI is InChI=1S/C19H23N5O5/c1-28-12-4-2-11(3-5-12)6-7-20-17-14-18(22-9-21-17)24(10-23-14)19-16(27)15(26)13(8-25)29-19/h2-5,9-10,13,15-16,19,25-27H,6-8H2,1H3,(H,20,21,22)/t13-,15-,16-,19?/m1/s1. The van der Waals surface area contributed by atoms with Gasteiger partial charge in [-0.1, -0.05) is 12.1 Å². The molecule has 1 aromatic carbocycles. The number of anilines is 1. The number of aromatic nitrogens is 4. The molecule has 1 saturated heterocycles. The summed E-state index contributed by atoms with van der Waals surface area (Å²) in [5.41, 5.74) is 2.14. The van der Waals surface area contributed by atoms with Crippen molar-refractivity contribution in [2.45, 2.75) is 31.0 Å². The highest BCUT2D eigenvalue weighted by Gasteiger charge is 2.44. The van der Waals surface area contributed by atoms with Crippen molar-refractivity contribution >= 4 is 17.0 Å². The average Bonchev–Trinajstić information content (AvgIpc) is 3.30. The molecule has 3 aromatic rings. The number of nitrogens with zero attached hydrogens (tertiary/aromatic N) is 4. The Morgan fingerprint density at radius 1 is 1.14 bits per heavy atom. The monoisotopic (exact) mass is 401 g/mol. The summed E-state index contributed by atoms with van der Waals surface area (Å²) in [6.07, 6.45) is -0.486. The van der Waals surface area contributed by atoms with Crippen LogP contribution in [0.3, 0.4) is 0 Å². The quantitative estimate of drug-likeness (QED) is 0.435. The number of ether oxygens (including phenoxy) is 2. The predicted octanol–water partition coefficient (Wildman–Crippen LogP) is 0.101. The second kappa shape index (κ2) is 8.29. The van der Waals surface area contributed by atoms with E-state index in [9.17, 15) is 15.3 Å². The van der Waals surface area contributed by atoms with Crippen molar-refractivity contribution < 1.29 is 24.8 Å². The molecule has 1 fully saturated rings. The maximum absolute atomic E-state index is 10.3. The summed E-state index contributed by atoms with van der Waals surface area (Å²) in [5.74, 6) is 1.38. The lowest BCUT2D eigenvalue weighted by Gasteiger charge is -2.16. The first-order valence-electron chi connectivity index (χ1n) is 9.29. The summed E-state index contributed by atoms with van der Waals surface area (Å²) >= 11 is 0. The number of aliphatic hydroxyl groups excluding tert-OH is 3. The van der Waals surface area contributed by atoms with Gasteiger partial charge in [-0.05, 0) is 24.1 Å². The minimum absolute atomic E-state index is 0.394. The number of rotatable bonds is 7. The molecule has 0 saturated carbocycles. The van der Waals surface area contributed by atoms with Crippen molar-refractivity contribution in [1.29, 1.82) is 0 Å². The third kappa shape index (κ3) is 3.75. The second-order valence-electron chi connectivity index (χ2n) is 6.80. The molecule has 0 aliphatic carbocycles. The van der Waals surface area contributed by atoms with Crippen LogP contribution in [-0.2, 0) is 11.2 Å². The first-order chi connectivity index (χ1) is 14.1. The van der Waals surface area contributed by atoms with Gasteiger partial charge in [-0.15, -0.1) is 0 Å². The second-order valence-corrected chi connectivity index (χ2v) is 6.80. The summed E-state index contributed by atoms with van der Waals surface area (Å²) < 4.78 is 12.3. The molecular weight excluding hydrogens is 378 g/mol. The van der Waals surface area contributed by atoms with Gasteiger partial charge in [0.1, 0.15) is 30.4 Å². The van der Waals surface area contributed by atoms with E-state index >= 15 is 0 Å². The largest absolute Gasteiger partial charge is 0.497 e. The minimum atomic E-state index is -1.20. The zero-order valence-corrected chi connectivity index (χ0v) is 15.8. The molecule has 1 aliphatic rings. The summed E-state index contributed by atoms with van der Waals surface area (Å²) in [6, 6.07) is 7.85. The number of aliphatic hydroxyl groups is 3. The van der Waals surface area contributed by atoms with E-state index in [0.29, 0.717) is 23.5 Å². The Balaban J connectivity index is 1.49. The van der Waals surface area contributed by atoms with Crippen LogP contribution in [0.1, 0.15) is 11.8 Å². The summed E-state index contributed by atoms with van der Waals surface area (Å²) in [7, 11) is 1.64. The lowest BCUT2D eigenvalue weighted by atomic mass is 10.1. The van der Waals surface area contributed by atoms with E-state index in [1.54, 1.807) is 7.11 Å². The molecule has 4 N–H and O–H groups in total. The van der Waals surface area contributed by atoms with E-state index in [1.807, 2.05) is 24.3 Å². The molecule has 154 valence electrons. The van der Waals surface area contributed by atoms with Crippen LogP contribution < -0.4 is 10.1 Å². The number of methoxy groups -OCH3 is 1. The number of benzene rings is 1. The molecule has 1 aliphatic heterocycles. The van der Waals surface area contributed by atoms with Gasteiger partial charge in [-0.25, -0.2) is 15.0 Å². The molecular formula is C19H23N5O5. The molecule has 0 amide bonds. The Kier molecular flexibility index (Phi) is 5.58. The smallest absolute Gasteiger partial charge is 0.167 e. The Hall–Kier alpha value is -2.79. The highest BCUT2D eigenvalue weighted by Crippen LogP contribution is 2.32. The summed E-state index contributed by atoms with van der Waals surface area (Å²) in [6.45, 7) is 0.244. The lowest BCUT2D eigenvalue weighted by molar-refractivity contribution is -0.0511. The molecule has 0 bridgehead atoms. The molecule has 4 atom stereocenters. The van der Waals surface area contributed by atoms with E-state index in [1.165, 1.54) is 17.2 Å². The molecule has 0 radical (unpaired) electrons. The van der Waals surface area contributed by atoms with Crippen LogP contribution >= 0.6 is 0 Å². The number of imidazole rings is 1. The Morgan fingerprint density at radius 3 is 2.62 bits per heavy atom. The van der Waals surface area contributed by atoms with Crippen molar-refractivity contribution in [2.75, 3.05) is 25.6 Å². The van der Waals surface area contributed by atoms with E-state index in [-0.39, 0.29) is 0 Å². The topological polar surface area (TPSA) is 135 Å². The Labute approximate surface area is 166 Å². The zero-order chi connectivity index (χ0) is 20.4. The van der Waals surface area contributed by atoms with Gasteiger partial charge >= 0.3 is 0 Å². The van der Waals surface area contributed by atoms with Gasteiger partial charge in [-0.2, -0.15) is 0 Å². The average molecular weight is 401 g/mol. The molecule has 10 heteroatoms. The van der Waals surface area contributed by atoms with Crippen molar-refractivity contribution in [3.05, 3.63) is 42.5 Å². The van der Waals surface area contributed by atoms with Gasteiger partial charge in [0.05, 0.1) is 20.0 Å². The fourth-order valence-electron chi connectivity index (χ4n) is 3.39. The van der Waals surface area contributed by atoms with Crippen LogP contribution in [0, 0.1) is 0 Å². The van der Waals surface area contributed by atoms with E-state index < -0.39 is 31.1 Å². The van der Waals surface area contributed by atoms with Crippen LogP contribution in [0.25, 0.3) is 11.2 Å². The van der Waals surface area contributed by atoms with Crippen molar-refractivity contribution in [1.82, 2.24) is 19.5 Å². The van der Waals surface area contributed by atoms with Crippen LogP contribution in [0.15, 0.2) is 36.9 Å². The van der Waals surface area contributed by atoms with E-state index in [2.05, 4.69) is 20.3 Å². The zero-order valence-electron chi connectivity index (χ0n) is 15.8. The Bertz CT molecular complexity index is 963. The van der Waals surface area contributed by atoms with Crippen LogP contribution in [-0.4, -0.2) is 73.4 Å². The molecule has 1 unspecified atom stereocenters. The van der Waals surface area contributed by atoms with Crippen LogP contribution in [0.5, 0.6) is 5.75 Å². The molecule has 2 aromatic heterocycles. The molecule has 3 heterocycles. The van der Waals surface area contributed by atoms with Gasteiger partial charge in [0.2, 0.25) is 0 Å². The minimum Gasteiger partial charge on any atom is -0.497 e. The first-order valence-corrected chi connectivity index (χ1v) is 9.29. The van der Waals surface area contributed by atoms with Gasteiger partial charge in [0.25, 0.3) is 0 Å². The molecule has 0 spiro atoms. The van der Waals surface area contributed by atoms with E-state index in [4.69, 9.17) is 9.47 Å². The fraction of sp³-hybridized carbons (Fsp3) is 0.421. The fourth-order valence-corrected chi connectivity index (χ4v) is 3.39. The highest BCUT2D eigenvalue weighted by atomic mass is 16.6. The van der Waals surface area contributed by atoms with Crippen molar-refractivity contribution in [3.8, 4) is 5.75 Å². The van der Waals surface area contributed by atoms with Gasteiger partial charge in [-0.3, -0.25) is 4.57 Å². The Morgan fingerprint density at radius 2 is 1.93 bits per heavy atom. The van der Waals surface area contributed by atoms with E-state index in [0.717, 1.165) is 17.7 Å². The summed E-state index contributed by atoms with van der Waals surface area (Å²) in [5, 5.41) is 32.8. The predicted molar refractivity (Wildman–Crippen MR) is 104 cm³/mol. The number of fused-ring (bicyclic) bond motifs is 1. The molecule has 29 heavy (non-hydrogen) atoms. The maximum atomic E-state index is 10.3. The van der Waals surface area contributed by atoms with Gasteiger partial charge < -0.3 is 30.1 Å². The third-order valence-corrected chi connectivity index (χ3v) is 5.02. The van der Waals surface area contributed by atoms with Crippen molar-refractivity contribution in [2.24, 2.45) is 0 Å². The number of hydrogen-bond acceptors (Lipinski definition) is 9. The number of nitrogens with one attached hydrogen (secondary N) is 1. The summed E-state index contributed by atoms with van der Waals surface area (Å²) in [4.78, 5) is 12.8. The van der Waals surface area contributed by atoms with Crippen molar-refractivity contribution in [3.63, 3.8) is 0 Å². The third-order valence-electron chi connectivity index (χ3n) is 5.02. The van der Waals surface area contributed by atoms with Gasteiger partial charge in [0, 0.05) is 6.54 Å². The normalized spacial score (nSPS) is 24.1. The lowest BCUT2D eigenvalue weighted by Crippen LogP contribution is -2.33. The number of hydrogen-bond donors (Lipinski definition) is 4. The van der Waals surface area contributed by atoms with Crippen LogP contribution in [0.4, 0.5) is 5.82 Å². The SMILES string of the molecule is COc1ccc(CCNc2ncnc3c2ncn3C2O[C@H](CO)[C@@H](O)[C@H]2O)cc1. The van der Waals surface area contributed by atoms with Crippen LogP contribution in [0.2, 0.25) is 0 Å². The maximum Gasteiger partial charge on any atom is 0.167 e.